The third-order valence-electron chi connectivity index (χ3n) is 6.44. The van der Waals surface area contributed by atoms with Crippen LogP contribution in [-0.4, -0.2) is 35.8 Å². The Morgan fingerprint density at radius 2 is 1.03 bits per heavy atom. The van der Waals surface area contributed by atoms with E-state index in [0.29, 0.717) is 28.3 Å². The number of methoxy groups -OCH3 is 2. The van der Waals surface area contributed by atoms with E-state index in [1.54, 1.807) is 62.8 Å². The Morgan fingerprint density at radius 1 is 0.605 bits per heavy atom. The zero-order valence-corrected chi connectivity index (χ0v) is 22.4. The normalized spacial score (nSPS) is 11.7. The molecule has 0 saturated carbocycles. The lowest BCUT2D eigenvalue weighted by Crippen LogP contribution is -2.08. The van der Waals surface area contributed by atoms with Gasteiger partial charge in [-0.2, -0.15) is 0 Å². The fraction of sp³-hybridized carbons (Fsp3) is 0.0968. The van der Waals surface area contributed by atoms with Crippen molar-refractivity contribution < 1.29 is 19.1 Å². The van der Waals surface area contributed by atoms with Crippen molar-refractivity contribution in [1.29, 1.82) is 0 Å². The second-order valence-electron chi connectivity index (χ2n) is 8.75. The second kappa shape index (κ2) is 10.9. The maximum Gasteiger partial charge on any atom is 0.209 e. The van der Waals surface area contributed by atoms with Gasteiger partial charge in [-0.25, -0.2) is 0 Å². The highest BCUT2D eigenvalue weighted by Gasteiger charge is 2.23. The van der Waals surface area contributed by atoms with E-state index in [0.717, 1.165) is 27.2 Å². The molecule has 190 valence electrons. The van der Waals surface area contributed by atoms with Crippen LogP contribution in [0.1, 0.15) is 55.0 Å². The highest BCUT2D eigenvalue weighted by atomic mass is 79.9. The van der Waals surface area contributed by atoms with Crippen molar-refractivity contribution in [2.75, 3.05) is 14.2 Å². The van der Waals surface area contributed by atoms with Crippen LogP contribution >= 0.6 is 15.9 Å². The largest absolute Gasteiger partial charge is 0.497 e. The number of carbonyl (C=O) groups is 2. The number of aromatic nitrogens is 2. The van der Waals surface area contributed by atoms with E-state index in [1.807, 2.05) is 48.5 Å². The van der Waals surface area contributed by atoms with Gasteiger partial charge in [-0.15, -0.1) is 0 Å². The predicted molar refractivity (Wildman–Crippen MR) is 150 cm³/mol. The summed E-state index contributed by atoms with van der Waals surface area (Å²) in [4.78, 5) is 32.9. The zero-order valence-electron chi connectivity index (χ0n) is 20.8. The molecule has 2 heterocycles. The van der Waals surface area contributed by atoms with Crippen molar-refractivity contribution in [3.63, 3.8) is 0 Å². The summed E-state index contributed by atoms with van der Waals surface area (Å²) in [7, 11) is 3.21. The highest BCUT2D eigenvalue weighted by Crippen LogP contribution is 2.33. The molecule has 0 fully saturated rings. The van der Waals surface area contributed by atoms with Crippen LogP contribution in [0.2, 0.25) is 0 Å². The number of nitrogens with one attached hydrogen (secondary N) is 2. The third kappa shape index (κ3) is 5.19. The first-order chi connectivity index (χ1) is 18.5. The number of carbonyl (C=O) groups excluding carboxylic acids is 2. The number of aromatic amines is 2. The summed E-state index contributed by atoms with van der Waals surface area (Å²) in [6.45, 7) is 0. The molecule has 6 nitrogen and oxygen atoms in total. The summed E-state index contributed by atoms with van der Waals surface area (Å²) >= 11 is 3.41. The van der Waals surface area contributed by atoms with E-state index in [9.17, 15) is 9.59 Å². The smallest absolute Gasteiger partial charge is 0.209 e. The fourth-order valence-corrected chi connectivity index (χ4v) is 4.67. The average molecular weight is 569 g/mol. The molecular formula is C31H25BrN2O4. The van der Waals surface area contributed by atoms with Crippen LogP contribution in [0.25, 0.3) is 0 Å². The molecular weight excluding hydrogens is 544 g/mol. The van der Waals surface area contributed by atoms with E-state index in [-0.39, 0.29) is 17.5 Å². The van der Waals surface area contributed by atoms with Gasteiger partial charge in [0.1, 0.15) is 11.5 Å². The first-order valence-electron chi connectivity index (χ1n) is 12.0. The number of ether oxygens (including phenoxy) is 2. The van der Waals surface area contributed by atoms with Crippen molar-refractivity contribution in [2.45, 2.75) is 5.92 Å². The molecule has 0 radical (unpaired) electrons. The molecule has 0 amide bonds. The molecule has 2 aromatic heterocycles. The Kier molecular flexibility index (Phi) is 7.29. The Hall–Kier alpha value is -4.36. The summed E-state index contributed by atoms with van der Waals surface area (Å²) in [5, 5.41) is 0. The number of rotatable bonds is 9. The van der Waals surface area contributed by atoms with Crippen LogP contribution in [0.5, 0.6) is 11.5 Å². The minimum atomic E-state index is -0.273. The monoisotopic (exact) mass is 568 g/mol. The summed E-state index contributed by atoms with van der Waals surface area (Å²) < 4.78 is 11.4. The van der Waals surface area contributed by atoms with Gasteiger partial charge < -0.3 is 19.4 Å². The third-order valence-corrected chi connectivity index (χ3v) is 6.96. The molecule has 3 aromatic carbocycles. The van der Waals surface area contributed by atoms with Gasteiger partial charge in [0.25, 0.3) is 0 Å². The molecule has 2 N–H and O–H groups in total. The van der Waals surface area contributed by atoms with Gasteiger partial charge in [-0.3, -0.25) is 9.59 Å². The minimum Gasteiger partial charge on any atom is -0.497 e. The van der Waals surface area contributed by atoms with Gasteiger partial charge in [0.2, 0.25) is 11.6 Å². The lowest BCUT2D eigenvalue weighted by Gasteiger charge is -2.16. The first kappa shape index (κ1) is 25.3. The van der Waals surface area contributed by atoms with Crippen molar-refractivity contribution in [1.82, 2.24) is 9.97 Å². The standard InChI is InChI=1S/C31H25BrN2O4/c1-37-23-11-5-19(6-12-23)29(25-15-17-27(33-25)30(35)20-3-9-22(32)10-4-20)26-16-18-28(34-26)31(36)21-7-13-24(38-2)14-8-21/h3-18,29,33-34H,1-2H3. The topological polar surface area (TPSA) is 84.2 Å². The number of hydrogen-bond acceptors (Lipinski definition) is 4. The summed E-state index contributed by atoms with van der Waals surface area (Å²) in [6, 6.07) is 29.4. The van der Waals surface area contributed by atoms with E-state index >= 15 is 0 Å². The Balaban J connectivity index is 1.50. The Labute approximate surface area is 228 Å². The Bertz CT molecular complexity index is 1570. The van der Waals surface area contributed by atoms with Crippen LogP contribution in [0.15, 0.2) is 102 Å². The molecule has 0 saturated heterocycles. The molecule has 5 aromatic rings. The molecule has 0 spiro atoms. The SMILES string of the molecule is COc1ccc(C(=O)c2ccc(C(c3ccc(OC)cc3)c3ccc(C(=O)c4ccc(Br)cc4)[nH]3)[nH]2)cc1. The van der Waals surface area contributed by atoms with Crippen molar-refractivity contribution >= 4 is 27.5 Å². The van der Waals surface area contributed by atoms with Crippen LogP contribution in [0.3, 0.4) is 0 Å². The quantitative estimate of drug-likeness (QED) is 0.192. The molecule has 0 bridgehead atoms. The lowest BCUT2D eigenvalue weighted by atomic mass is 9.92. The van der Waals surface area contributed by atoms with Crippen LogP contribution < -0.4 is 9.47 Å². The van der Waals surface area contributed by atoms with E-state index < -0.39 is 0 Å². The van der Waals surface area contributed by atoms with Crippen molar-refractivity contribution in [3.05, 3.63) is 141 Å². The highest BCUT2D eigenvalue weighted by molar-refractivity contribution is 9.10. The van der Waals surface area contributed by atoms with E-state index in [4.69, 9.17) is 9.47 Å². The second-order valence-corrected chi connectivity index (χ2v) is 9.67. The van der Waals surface area contributed by atoms with Crippen molar-refractivity contribution in [2.24, 2.45) is 0 Å². The molecule has 0 aliphatic rings. The van der Waals surface area contributed by atoms with Gasteiger partial charge in [0.05, 0.1) is 31.5 Å². The summed E-state index contributed by atoms with van der Waals surface area (Å²) in [5.74, 6) is 0.939. The molecule has 1 unspecified atom stereocenters. The minimum absolute atomic E-state index is 0.0981. The molecule has 1 atom stereocenters. The lowest BCUT2D eigenvalue weighted by molar-refractivity contribution is 0.102. The van der Waals surface area contributed by atoms with Crippen LogP contribution in [0, 0.1) is 0 Å². The average Bonchev–Trinajstić information content (AvgIpc) is 3.64. The molecule has 0 aliphatic heterocycles. The number of benzene rings is 3. The fourth-order valence-electron chi connectivity index (χ4n) is 4.40. The van der Waals surface area contributed by atoms with Gasteiger partial charge >= 0.3 is 0 Å². The van der Waals surface area contributed by atoms with Gasteiger partial charge in [-0.05, 0) is 90.5 Å². The molecule has 38 heavy (non-hydrogen) atoms. The number of H-pyrrole nitrogens is 2. The van der Waals surface area contributed by atoms with Crippen LogP contribution in [0.4, 0.5) is 0 Å². The number of ketones is 2. The number of halogens is 1. The molecule has 0 aliphatic carbocycles. The summed E-state index contributed by atoms with van der Waals surface area (Å²) in [5.41, 5.74) is 4.72. The zero-order chi connectivity index (χ0) is 26.6. The predicted octanol–water partition coefficient (Wildman–Crippen LogP) is 6.76. The maximum absolute atomic E-state index is 13.2. The first-order valence-corrected chi connectivity index (χ1v) is 12.8. The summed E-state index contributed by atoms with van der Waals surface area (Å²) in [6.07, 6.45) is 0. The van der Waals surface area contributed by atoms with Crippen LogP contribution in [-0.2, 0) is 0 Å². The molecule has 7 heteroatoms. The Morgan fingerprint density at radius 3 is 1.47 bits per heavy atom. The van der Waals surface area contributed by atoms with E-state index in [2.05, 4.69) is 25.9 Å². The van der Waals surface area contributed by atoms with Crippen molar-refractivity contribution in [3.8, 4) is 11.5 Å². The van der Waals surface area contributed by atoms with E-state index in [1.165, 1.54) is 0 Å². The van der Waals surface area contributed by atoms with Gasteiger partial charge in [0, 0.05) is 27.0 Å². The van der Waals surface area contributed by atoms with Gasteiger partial charge in [0.15, 0.2) is 0 Å². The molecule has 5 rings (SSSR count). The maximum atomic E-state index is 13.2. The van der Waals surface area contributed by atoms with Gasteiger partial charge in [-0.1, -0.05) is 28.1 Å². The number of hydrogen-bond donors (Lipinski definition) is 2.